The van der Waals surface area contributed by atoms with Crippen molar-refractivity contribution in [2.24, 2.45) is 0 Å². The summed E-state index contributed by atoms with van der Waals surface area (Å²) in [7, 11) is 0. The molecule has 0 heterocycles. The van der Waals surface area contributed by atoms with E-state index in [4.69, 9.17) is 14.2 Å². The molecule has 0 aromatic heterocycles. The van der Waals surface area contributed by atoms with Crippen LogP contribution in [0.2, 0.25) is 0 Å². The van der Waals surface area contributed by atoms with Crippen LogP contribution in [0.1, 0.15) is 41.5 Å². The lowest BCUT2D eigenvalue weighted by atomic mass is 10.0. The van der Waals surface area contributed by atoms with Crippen LogP contribution in [0.15, 0.2) is 40.9 Å². The zero-order chi connectivity index (χ0) is 18.6. The van der Waals surface area contributed by atoms with Crippen molar-refractivity contribution in [3.63, 3.8) is 0 Å². The number of hydrogen-bond acceptors (Lipinski definition) is 3. The van der Waals surface area contributed by atoms with Crippen LogP contribution in [0.25, 0.3) is 11.1 Å². The average Bonchev–Trinajstić information content (AvgIpc) is 2.51. The Kier molecular flexibility index (Phi) is 6.77. The van der Waals surface area contributed by atoms with Gasteiger partial charge in [-0.05, 0) is 63.0 Å². The molecule has 0 fully saturated rings. The van der Waals surface area contributed by atoms with Gasteiger partial charge in [-0.15, -0.1) is 0 Å². The highest BCUT2D eigenvalue weighted by atomic mass is 79.9. The second-order valence-electron chi connectivity index (χ2n) is 6.76. The Bertz CT molecular complexity index is 694. The van der Waals surface area contributed by atoms with Gasteiger partial charge >= 0.3 is 0 Å². The highest BCUT2D eigenvalue weighted by molar-refractivity contribution is 9.10. The highest BCUT2D eigenvalue weighted by Crippen LogP contribution is 2.49. The Labute approximate surface area is 159 Å². The van der Waals surface area contributed by atoms with Crippen molar-refractivity contribution in [3.05, 3.63) is 40.9 Å². The Balaban J connectivity index is 2.73. The lowest BCUT2D eigenvalue weighted by Gasteiger charge is -2.24. The molecule has 4 heteroatoms. The van der Waals surface area contributed by atoms with Crippen molar-refractivity contribution >= 4 is 15.9 Å². The monoisotopic (exact) mass is 406 g/mol. The Morgan fingerprint density at radius 3 is 1.76 bits per heavy atom. The van der Waals surface area contributed by atoms with Crippen LogP contribution in [0.3, 0.4) is 0 Å². The van der Waals surface area contributed by atoms with Gasteiger partial charge in [-0.1, -0.05) is 30.3 Å². The predicted octanol–water partition coefficient (Wildman–Crippen LogP) is 6.48. The van der Waals surface area contributed by atoms with E-state index in [1.54, 1.807) is 0 Å². The maximum atomic E-state index is 6.17. The fourth-order valence-electron chi connectivity index (χ4n) is 2.50. The fourth-order valence-corrected chi connectivity index (χ4v) is 3.00. The number of halogens is 1. The summed E-state index contributed by atoms with van der Waals surface area (Å²) in [6.45, 7) is 12.1. The van der Waals surface area contributed by atoms with Gasteiger partial charge in [0.25, 0.3) is 0 Å². The maximum absolute atomic E-state index is 6.17. The molecule has 2 aromatic rings. The zero-order valence-electron chi connectivity index (χ0n) is 15.8. The van der Waals surface area contributed by atoms with Crippen molar-refractivity contribution in [1.82, 2.24) is 0 Å². The van der Waals surface area contributed by atoms with Crippen LogP contribution < -0.4 is 14.2 Å². The summed E-state index contributed by atoms with van der Waals surface area (Å²) in [6.07, 6.45) is 0.125. The lowest BCUT2D eigenvalue weighted by Crippen LogP contribution is -2.13. The molecule has 0 atom stereocenters. The minimum Gasteiger partial charge on any atom is -0.490 e. The molecule has 3 nitrogen and oxygen atoms in total. The van der Waals surface area contributed by atoms with E-state index in [1.165, 1.54) is 0 Å². The van der Waals surface area contributed by atoms with Crippen molar-refractivity contribution in [2.45, 2.75) is 59.9 Å². The predicted molar refractivity (Wildman–Crippen MR) is 107 cm³/mol. The minimum absolute atomic E-state index is 0.0277. The maximum Gasteiger partial charge on any atom is 0.149 e. The Hall–Kier alpha value is -1.68. The van der Waals surface area contributed by atoms with E-state index in [9.17, 15) is 0 Å². The van der Waals surface area contributed by atoms with Crippen LogP contribution in [0.4, 0.5) is 0 Å². The molecule has 25 heavy (non-hydrogen) atoms. The van der Waals surface area contributed by atoms with Crippen molar-refractivity contribution < 1.29 is 14.2 Å². The van der Waals surface area contributed by atoms with Gasteiger partial charge in [0.15, 0.2) is 0 Å². The molecule has 2 rings (SSSR count). The van der Waals surface area contributed by atoms with Crippen molar-refractivity contribution in [3.8, 4) is 28.4 Å². The van der Waals surface area contributed by atoms with Gasteiger partial charge in [0.2, 0.25) is 0 Å². The van der Waals surface area contributed by atoms with E-state index in [0.717, 1.165) is 32.8 Å². The SMILES string of the molecule is CC(C)Oc1cc(OC(C)C)c(-c2ccccc2)c(OC(C)C)c1Br. The summed E-state index contributed by atoms with van der Waals surface area (Å²) < 4.78 is 19.1. The molecule has 0 aliphatic rings. The first-order valence-corrected chi connectivity index (χ1v) is 9.50. The molecule has 0 spiro atoms. The van der Waals surface area contributed by atoms with E-state index in [1.807, 2.05) is 65.8 Å². The van der Waals surface area contributed by atoms with Gasteiger partial charge in [0, 0.05) is 6.07 Å². The third-order valence-electron chi connectivity index (χ3n) is 3.29. The van der Waals surface area contributed by atoms with Crippen LogP contribution in [0.5, 0.6) is 17.2 Å². The number of benzene rings is 2. The van der Waals surface area contributed by atoms with Gasteiger partial charge in [-0.3, -0.25) is 0 Å². The third kappa shape index (κ3) is 5.15. The van der Waals surface area contributed by atoms with Gasteiger partial charge in [0.05, 0.1) is 23.9 Å². The topological polar surface area (TPSA) is 27.7 Å². The van der Waals surface area contributed by atoms with Gasteiger partial charge in [0.1, 0.15) is 21.7 Å². The molecular formula is C21H27BrO3. The molecule has 0 unspecified atom stereocenters. The van der Waals surface area contributed by atoms with Crippen LogP contribution in [0, 0.1) is 0 Å². The molecule has 2 aromatic carbocycles. The largest absolute Gasteiger partial charge is 0.490 e. The fraction of sp³-hybridized carbons (Fsp3) is 0.429. The van der Waals surface area contributed by atoms with Gasteiger partial charge in [-0.25, -0.2) is 0 Å². The molecule has 0 radical (unpaired) electrons. The first-order valence-electron chi connectivity index (χ1n) is 8.71. The van der Waals surface area contributed by atoms with E-state index in [2.05, 4.69) is 28.1 Å². The Morgan fingerprint density at radius 1 is 0.720 bits per heavy atom. The van der Waals surface area contributed by atoms with Crippen LogP contribution >= 0.6 is 15.9 Å². The molecule has 0 amide bonds. The zero-order valence-corrected chi connectivity index (χ0v) is 17.4. The molecule has 0 aliphatic heterocycles. The molecule has 136 valence electrons. The van der Waals surface area contributed by atoms with Crippen molar-refractivity contribution in [1.29, 1.82) is 0 Å². The summed E-state index contributed by atoms with van der Waals surface area (Å²) >= 11 is 3.68. The number of ether oxygens (including phenoxy) is 3. The smallest absolute Gasteiger partial charge is 0.149 e. The normalized spacial score (nSPS) is 11.3. The Morgan fingerprint density at radius 2 is 1.24 bits per heavy atom. The van der Waals surface area contributed by atoms with Crippen LogP contribution in [-0.2, 0) is 0 Å². The third-order valence-corrected chi connectivity index (χ3v) is 4.04. The van der Waals surface area contributed by atoms with E-state index >= 15 is 0 Å². The van der Waals surface area contributed by atoms with Gasteiger partial charge < -0.3 is 14.2 Å². The molecule has 0 aliphatic carbocycles. The highest BCUT2D eigenvalue weighted by Gasteiger charge is 2.23. The quantitative estimate of drug-likeness (QED) is 0.526. The summed E-state index contributed by atoms with van der Waals surface area (Å²) in [5.41, 5.74) is 1.98. The van der Waals surface area contributed by atoms with Crippen molar-refractivity contribution in [2.75, 3.05) is 0 Å². The summed E-state index contributed by atoms with van der Waals surface area (Å²) in [5, 5.41) is 0. The second kappa shape index (κ2) is 8.61. The summed E-state index contributed by atoms with van der Waals surface area (Å²) in [6, 6.07) is 12.1. The lowest BCUT2D eigenvalue weighted by molar-refractivity contribution is 0.215. The minimum atomic E-state index is 0.0277. The van der Waals surface area contributed by atoms with E-state index in [-0.39, 0.29) is 18.3 Å². The van der Waals surface area contributed by atoms with E-state index in [0.29, 0.717) is 0 Å². The first-order chi connectivity index (χ1) is 11.8. The molecule has 0 bridgehead atoms. The summed E-state index contributed by atoms with van der Waals surface area (Å²) in [4.78, 5) is 0. The summed E-state index contributed by atoms with van der Waals surface area (Å²) in [5.74, 6) is 2.23. The van der Waals surface area contributed by atoms with Crippen LogP contribution in [-0.4, -0.2) is 18.3 Å². The average molecular weight is 407 g/mol. The molecule has 0 saturated heterocycles. The molecule has 0 saturated carbocycles. The van der Waals surface area contributed by atoms with E-state index < -0.39 is 0 Å². The molecular weight excluding hydrogens is 380 g/mol. The number of rotatable bonds is 7. The second-order valence-corrected chi connectivity index (χ2v) is 7.55. The first kappa shape index (κ1) is 19.6. The molecule has 0 N–H and O–H groups in total. The standard InChI is InChI=1S/C21H27BrO3/c1-13(2)23-17-12-18(24-14(3)4)20(22)21(25-15(5)6)19(17)16-10-8-7-9-11-16/h7-15H,1-6H3. The van der Waals surface area contributed by atoms with Gasteiger partial charge in [-0.2, -0.15) is 0 Å². The number of hydrogen-bond donors (Lipinski definition) is 0.